The standard InChI is InChI=1S/C11H13BrN2O2/c12-8-2-4-16-10(8)11(15)14-5-7-1-3-13-9(7)6-14/h2,4,7,9,13H,1,3,5-6H2. The molecule has 0 aromatic carbocycles. The molecule has 0 aliphatic carbocycles. The second-order valence-corrected chi connectivity index (χ2v) is 5.27. The van der Waals surface area contributed by atoms with E-state index in [1.54, 1.807) is 6.07 Å². The smallest absolute Gasteiger partial charge is 0.290 e. The predicted octanol–water partition coefficient (Wildman–Crippen LogP) is 1.48. The molecule has 0 bridgehead atoms. The summed E-state index contributed by atoms with van der Waals surface area (Å²) in [5.41, 5.74) is 0. The molecular formula is C11H13BrN2O2. The number of amides is 1. The van der Waals surface area contributed by atoms with Crippen molar-refractivity contribution >= 4 is 21.8 Å². The molecule has 3 rings (SSSR count). The minimum Gasteiger partial charge on any atom is -0.458 e. The fraction of sp³-hybridized carbons (Fsp3) is 0.545. The Labute approximate surface area is 102 Å². The van der Waals surface area contributed by atoms with E-state index in [-0.39, 0.29) is 5.91 Å². The van der Waals surface area contributed by atoms with Crippen LogP contribution in [0.5, 0.6) is 0 Å². The van der Waals surface area contributed by atoms with Gasteiger partial charge < -0.3 is 14.6 Å². The van der Waals surface area contributed by atoms with Crippen molar-refractivity contribution in [2.24, 2.45) is 5.92 Å². The van der Waals surface area contributed by atoms with Gasteiger partial charge in [-0.15, -0.1) is 0 Å². The van der Waals surface area contributed by atoms with E-state index < -0.39 is 0 Å². The van der Waals surface area contributed by atoms with Gasteiger partial charge >= 0.3 is 0 Å². The number of nitrogens with zero attached hydrogens (tertiary/aromatic N) is 1. The van der Waals surface area contributed by atoms with Gasteiger partial charge in [0, 0.05) is 19.1 Å². The Morgan fingerprint density at radius 1 is 1.56 bits per heavy atom. The number of carbonyl (C=O) groups is 1. The largest absolute Gasteiger partial charge is 0.458 e. The molecule has 5 heteroatoms. The van der Waals surface area contributed by atoms with Crippen LogP contribution in [0, 0.1) is 5.92 Å². The lowest BCUT2D eigenvalue weighted by atomic mass is 10.1. The zero-order valence-electron chi connectivity index (χ0n) is 8.78. The van der Waals surface area contributed by atoms with Crippen LogP contribution in [0.15, 0.2) is 21.2 Å². The summed E-state index contributed by atoms with van der Waals surface area (Å²) in [4.78, 5) is 14.0. The Morgan fingerprint density at radius 2 is 2.44 bits per heavy atom. The Bertz CT molecular complexity index is 406. The molecule has 0 spiro atoms. The monoisotopic (exact) mass is 284 g/mol. The molecule has 2 saturated heterocycles. The number of halogens is 1. The highest BCUT2D eigenvalue weighted by molar-refractivity contribution is 9.10. The van der Waals surface area contributed by atoms with Crippen LogP contribution in [0.4, 0.5) is 0 Å². The van der Waals surface area contributed by atoms with Gasteiger partial charge in [-0.3, -0.25) is 4.79 Å². The number of nitrogens with one attached hydrogen (secondary N) is 1. The Balaban J connectivity index is 1.75. The number of hydrogen-bond donors (Lipinski definition) is 1. The van der Waals surface area contributed by atoms with Crippen molar-refractivity contribution in [1.29, 1.82) is 0 Å². The average molecular weight is 285 g/mol. The summed E-state index contributed by atoms with van der Waals surface area (Å²) in [5, 5.41) is 3.43. The second-order valence-electron chi connectivity index (χ2n) is 4.42. The molecule has 1 N–H and O–H groups in total. The third-order valence-corrected chi connectivity index (χ3v) is 4.09. The van der Waals surface area contributed by atoms with Gasteiger partial charge in [-0.25, -0.2) is 0 Å². The highest BCUT2D eigenvalue weighted by atomic mass is 79.9. The summed E-state index contributed by atoms with van der Waals surface area (Å²) in [6.07, 6.45) is 2.71. The van der Waals surface area contributed by atoms with Gasteiger partial charge in [-0.2, -0.15) is 0 Å². The maximum Gasteiger partial charge on any atom is 0.290 e. The minimum absolute atomic E-state index is 0.00641. The molecule has 16 heavy (non-hydrogen) atoms. The fourth-order valence-corrected chi connectivity index (χ4v) is 2.98. The summed E-state index contributed by atoms with van der Waals surface area (Å²) < 4.78 is 5.94. The first kappa shape index (κ1) is 10.4. The van der Waals surface area contributed by atoms with Gasteiger partial charge in [0.1, 0.15) is 0 Å². The highest BCUT2D eigenvalue weighted by Crippen LogP contribution is 2.27. The second kappa shape index (κ2) is 3.89. The predicted molar refractivity (Wildman–Crippen MR) is 62.2 cm³/mol. The summed E-state index contributed by atoms with van der Waals surface area (Å²) in [6, 6.07) is 2.24. The molecule has 0 radical (unpaired) electrons. The zero-order chi connectivity index (χ0) is 11.1. The molecule has 4 nitrogen and oxygen atoms in total. The lowest BCUT2D eigenvalue weighted by Crippen LogP contribution is -2.33. The highest BCUT2D eigenvalue weighted by Gasteiger charge is 2.39. The van der Waals surface area contributed by atoms with Crippen molar-refractivity contribution < 1.29 is 9.21 Å². The number of hydrogen-bond acceptors (Lipinski definition) is 3. The number of likely N-dealkylation sites (tertiary alicyclic amines) is 1. The minimum atomic E-state index is -0.00641. The van der Waals surface area contributed by atoms with Gasteiger partial charge in [0.25, 0.3) is 5.91 Å². The Kier molecular flexibility index (Phi) is 2.52. The van der Waals surface area contributed by atoms with Gasteiger partial charge in [0.15, 0.2) is 0 Å². The van der Waals surface area contributed by atoms with Crippen molar-refractivity contribution in [2.75, 3.05) is 19.6 Å². The molecule has 2 atom stereocenters. The van der Waals surface area contributed by atoms with Gasteiger partial charge in [0.05, 0.1) is 10.7 Å². The summed E-state index contributed by atoms with van der Waals surface area (Å²) in [5.74, 6) is 1.03. The Morgan fingerprint density at radius 3 is 3.12 bits per heavy atom. The maximum absolute atomic E-state index is 12.1. The van der Waals surface area contributed by atoms with Crippen LogP contribution in [-0.2, 0) is 0 Å². The van der Waals surface area contributed by atoms with Crippen LogP contribution in [0.1, 0.15) is 17.0 Å². The molecule has 0 saturated carbocycles. The topological polar surface area (TPSA) is 45.5 Å². The van der Waals surface area contributed by atoms with Gasteiger partial charge in [-0.1, -0.05) is 0 Å². The van der Waals surface area contributed by atoms with Crippen LogP contribution in [0.3, 0.4) is 0 Å². The zero-order valence-corrected chi connectivity index (χ0v) is 10.4. The van der Waals surface area contributed by atoms with Crippen LogP contribution < -0.4 is 5.32 Å². The van der Waals surface area contributed by atoms with E-state index >= 15 is 0 Å². The third-order valence-electron chi connectivity index (χ3n) is 3.46. The van der Waals surface area contributed by atoms with Crippen LogP contribution in [0.25, 0.3) is 0 Å². The summed E-state index contributed by atoms with van der Waals surface area (Å²) in [6.45, 7) is 2.74. The molecule has 3 heterocycles. The van der Waals surface area contributed by atoms with E-state index in [2.05, 4.69) is 21.2 Å². The normalized spacial score (nSPS) is 28.4. The number of rotatable bonds is 1. The van der Waals surface area contributed by atoms with E-state index in [0.717, 1.165) is 24.1 Å². The Hall–Kier alpha value is -0.810. The van der Waals surface area contributed by atoms with E-state index in [4.69, 9.17) is 4.42 Å². The van der Waals surface area contributed by atoms with Crippen molar-refractivity contribution in [2.45, 2.75) is 12.5 Å². The lowest BCUT2D eigenvalue weighted by molar-refractivity contribution is 0.0749. The molecule has 1 amide bonds. The quantitative estimate of drug-likeness (QED) is 0.850. The maximum atomic E-state index is 12.1. The van der Waals surface area contributed by atoms with Crippen molar-refractivity contribution in [1.82, 2.24) is 10.2 Å². The van der Waals surface area contributed by atoms with Crippen molar-refractivity contribution in [3.05, 3.63) is 22.6 Å². The molecule has 2 fully saturated rings. The van der Waals surface area contributed by atoms with Crippen molar-refractivity contribution in [3.8, 4) is 0 Å². The third kappa shape index (κ3) is 1.58. The summed E-state index contributed by atoms with van der Waals surface area (Å²) >= 11 is 3.32. The first-order valence-electron chi connectivity index (χ1n) is 5.51. The van der Waals surface area contributed by atoms with Crippen molar-refractivity contribution in [3.63, 3.8) is 0 Å². The van der Waals surface area contributed by atoms with Crippen LogP contribution >= 0.6 is 15.9 Å². The molecule has 1 aromatic rings. The number of carbonyl (C=O) groups excluding carboxylic acids is 1. The van der Waals surface area contributed by atoms with Gasteiger partial charge in [-0.05, 0) is 40.9 Å². The summed E-state index contributed by atoms with van der Waals surface area (Å²) in [7, 11) is 0. The van der Waals surface area contributed by atoms with Gasteiger partial charge in [0.2, 0.25) is 5.76 Å². The molecule has 86 valence electrons. The average Bonchev–Trinajstić information content (AvgIpc) is 2.89. The molecular weight excluding hydrogens is 272 g/mol. The lowest BCUT2D eigenvalue weighted by Gasteiger charge is -2.15. The van der Waals surface area contributed by atoms with Crippen LogP contribution in [-0.4, -0.2) is 36.5 Å². The number of fused-ring (bicyclic) bond motifs is 1. The van der Waals surface area contributed by atoms with E-state index in [1.165, 1.54) is 12.7 Å². The van der Waals surface area contributed by atoms with E-state index in [0.29, 0.717) is 17.7 Å². The van der Waals surface area contributed by atoms with E-state index in [1.807, 2.05) is 4.90 Å². The van der Waals surface area contributed by atoms with Crippen LogP contribution in [0.2, 0.25) is 0 Å². The molecule has 2 unspecified atom stereocenters. The molecule has 2 aliphatic rings. The van der Waals surface area contributed by atoms with E-state index in [9.17, 15) is 4.79 Å². The number of furan rings is 1. The fourth-order valence-electron chi connectivity index (χ4n) is 2.60. The molecule has 2 aliphatic heterocycles. The molecule has 1 aromatic heterocycles. The first-order valence-corrected chi connectivity index (χ1v) is 6.30. The SMILES string of the molecule is O=C(c1occc1Br)N1CC2CCNC2C1. The first-order chi connectivity index (χ1) is 7.75.